The van der Waals surface area contributed by atoms with Gasteiger partial charge in [0.25, 0.3) is 5.91 Å². The van der Waals surface area contributed by atoms with Crippen molar-refractivity contribution in [2.75, 3.05) is 13.7 Å². The number of carboxylic acid groups (broad SMARTS) is 1. The molecule has 0 spiro atoms. The van der Waals surface area contributed by atoms with Gasteiger partial charge in [-0.1, -0.05) is 56.3 Å². The van der Waals surface area contributed by atoms with Crippen molar-refractivity contribution in [2.24, 2.45) is 17.8 Å². The molecule has 4 N–H and O–H groups in total. The van der Waals surface area contributed by atoms with E-state index in [1.165, 1.54) is 4.90 Å². The van der Waals surface area contributed by atoms with Crippen molar-refractivity contribution in [3.63, 3.8) is 0 Å². The third-order valence-electron chi connectivity index (χ3n) is 11.2. The molecule has 7 rings (SSSR count). The summed E-state index contributed by atoms with van der Waals surface area (Å²) in [6.07, 6.45) is 4.66. The van der Waals surface area contributed by atoms with Gasteiger partial charge in [-0.2, -0.15) is 0 Å². The zero-order valence-electron chi connectivity index (χ0n) is 31.1. The van der Waals surface area contributed by atoms with Gasteiger partial charge in [0.15, 0.2) is 0 Å². The minimum absolute atomic E-state index is 0.00435. The number of hydrogen-bond acceptors (Lipinski definition) is 9. The highest BCUT2D eigenvalue weighted by Gasteiger charge is 2.62. The SMILES string of the molecule is COc1ccc2c(O[C@@H]3C[C@H]4C(=O)NC5(C(=O)NS(=O)(=O)C6CC6)CC5/C=C\CC[C@H](C)C[C@@H](C)[C@H](NC(=O)O)C(=O)N4C3)nc(-c3ccccc3)cc2c1. The summed E-state index contributed by atoms with van der Waals surface area (Å²) in [4.78, 5) is 61.0. The third kappa shape index (κ3) is 8.12. The molecule has 7 atom stereocenters. The van der Waals surface area contributed by atoms with E-state index in [9.17, 15) is 32.7 Å². The highest BCUT2D eigenvalue weighted by molar-refractivity contribution is 7.91. The lowest BCUT2D eigenvalue weighted by molar-refractivity contribution is -0.142. The molecule has 2 aliphatic carbocycles. The fourth-order valence-electron chi connectivity index (χ4n) is 7.97. The van der Waals surface area contributed by atoms with Crippen molar-refractivity contribution >= 4 is 44.6 Å². The van der Waals surface area contributed by atoms with Crippen molar-refractivity contribution < 1.29 is 42.2 Å². The maximum atomic E-state index is 14.5. The molecular weight excluding hydrogens is 727 g/mol. The van der Waals surface area contributed by atoms with Crippen LogP contribution in [0.2, 0.25) is 0 Å². The molecule has 15 heteroatoms. The second-order valence-electron chi connectivity index (χ2n) is 15.4. The fraction of sp³-hybridized carbons (Fsp3) is 0.475. The Balaban J connectivity index is 1.25. The number of methoxy groups -OCH3 is 1. The molecule has 2 aromatic carbocycles. The highest BCUT2D eigenvalue weighted by atomic mass is 32.2. The van der Waals surface area contributed by atoms with Crippen LogP contribution in [0.3, 0.4) is 0 Å². The molecule has 2 saturated carbocycles. The molecular formula is C40H47N5O9S. The van der Waals surface area contributed by atoms with E-state index < -0.39 is 74.7 Å². The lowest BCUT2D eigenvalue weighted by Gasteiger charge is -2.32. The minimum atomic E-state index is -3.92. The van der Waals surface area contributed by atoms with Gasteiger partial charge in [0.05, 0.1) is 24.6 Å². The van der Waals surface area contributed by atoms with Crippen LogP contribution in [0.1, 0.15) is 58.8 Å². The molecule has 0 bridgehead atoms. The number of allylic oxidation sites excluding steroid dienone is 1. The first-order chi connectivity index (χ1) is 26.3. The number of ether oxygens (including phenoxy) is 2. The topological polar surface area (TPSA) is 193 Å². The Morgan fingerprint density at radius 3 is 2.51 bits per heavy atom. The molecule has 14 nitrogen and oxygen atoms in total. The van der Waals surface area contributed by atoms with Crippen molar-refractivity contribution in [2.45, 2.75) is 87.8 Å². The highest BCUT2D eigenvalue weighted by Crippen LogP contribution is 2.46. The monoisotopic (exact) mass is 773 g/mol. The Bertz CT molecular complexity index is 2130. The molecule has 1 aromatic heterocycles. The summed E-state index contributed by atoms with van der Waals surface area (Å²) in [6, 6.07) is 14.6. The van der Waals surface area contributed by atoms with Gasteiger partial charge >= 0.3 is 6.09 Å². The van der Waals surface area contributed by atoms with E-state index in [-0.39, 0.29) is 31.2 Å². The zero-order valence-corrected chi connectivity index (χ0v) is 31.9. The molecule has 0 radical (unpaired) electrons. The van der Waals surface area contributed by atoms with Crippen LogP contribution in [-0.2, 0) is 24.4 Å². The number of nitrogens with zero attached hydrogens (tertiary/aromatic N) is 2. The van der Waals surface area contributed by atoms with Gasteiger partial charge in [0.2, 0.25) is 27.7 Å². The summed E-state index contributed by atoms with van der Waals surface area (Å²) in [7, 11) is -2.34. The van der Waals surface area contributed by atoms with E-state index in [4.69, 9.17) is 14.5 Å². The first-order valence-electron chi connectivity index (χ1n) is 18.8. The Morgan fingerprint density at radius 2 is 1.80 bits per heavy atom. The Hall–Kier alpha value is -5.18. The van der Waals surface area contributed by atoms with Crippen LogP contribution in [0.25, 0.3) is 22.0 Å². The molecule has 1 saturated heterocycles. The van der Waals surface area contributed by atoms with Crippen LogP contribution in [0.5, 0.6) is 11.6 Å². The maximum absolute atomic E-state index is 14.5. The van der Waals surface area contributed by atoms with E-state index in [2.05, 4.69) is 15.4 Å². The van der Waals surface area contributed by atoms with Crippen molar-refractivity contribution in [1.29, 1.82) is 0 Å². The van der Waals surface area contributed by atoms with Crippen LogP contribution in [0.4, 0.5) is 4.79 Å². The van der Waals surface area contributed by atoms with Crippen LogP contribution < -0.4 is 24.8 Å². The van der Waals surface area contributed by atoms with Gasteiger partial charge in [0.1, 0.15) is 29.5 Å². The summed E-state index contributed by atoms with van der Waals surface area (Å²) < 4.78 is 40.0. The summed E-state index contributed by atoms with van der Waals surface area (Å²) in [5, 5.41) is 15.9. The predicted molar refractivity (Wildman–Crippen MR) is 204 cm³/mol. The molecule has 55 heavy (non-hydrogen) atoms. The Kier molecular flexibility index (Phi) is 10.5. The summed E-state index contributed by atoms with van der Waals surface area (Å²) in [5.41, 5.74) is -0.0626. The molecule has 3 heterocycles. The second kappa shape index (κ2) is 15.2. The van der Waals surface area contributed by atoms with Gasteiger partial charge in [-0.25, -0.2) is 18.2 Å². The first-order valence-corrected chi connectivity index (χ1v) is 20.4. The fourth-order valence-corrected chi connectivity index (χ4v) is 9.33. The van der Waals surface area contributed by atoms with Crippen molar-refractivity contribution in [3.05, 3.63) is 66.7 Å². The number of carbonyl (C=O) groups excluding carboxylic acids is 3. The molecule has 3 aromatic rings. The molecule has 2 aliphatic heterocycles. The van der Waals surface area contributed by atoms with E-state index in [0.29, 0.717) is 42.5 Å². The zero-order chi connectivity index (χ0) is 39.1. The van der Waals surface area contributed by atoms with Crippen LogP contribution in [-0.4, -0.2) is 89.9 Å². The van der Waals surface area contributed by atoms with Gasteiger partial charge in [-0.05, 0) is 80.0 Å². The van der Waals surface area contributed by atoms with Gasteiger partial charge < -0.3 is 30.1 Å². The number of benzene rings is 2. The lowest BCUT2D eigenvalue weighted by atomic mass is 9.88. The number of amides is 4. The minimum Gasteiger partial charge on any atom is -0.497 e. The smallest absolute Gasteiger partial charge is 0.405 e. The summed E-state index contributed by atoms with van der Waals surface area (Å²) in [5.74, 6) is -1.93. The van der Waals surface area contributed by atoms with Crippen molar-refractivity contribution in [1.82, 2.24) is 25.2 Å². The summed E-state index contributed by atoms with van der Waals surface area (Å²) in [6.45, 7) is 3.77. The van der Waals surface area contributed by atoms with E-state index in [1.807, 2.05) is 74.5 Å². The molecule has 292 valence electrons. The number of pyridine rings is 1. The van der Waals surface area contributed by atoms with E-state index in [0.717, 1.165) is 17.4 Å². The van der Waals surface area contributed by atoms with Crippen LogP contribution in [0, 0.1) is 17.8 Å². The maximum Gasteiger partial charge on any atom is 0.405 e. The number of aromatic nitrogens is 1. The third-order valence-corrected chi connectivity index (χ3v) is 13.1. The average Bonchev–Trinajstić information content (AvgIpc) is 4.08. The van der Waals surface area contributed by atoms with Crippen molar-refractivity contribution in [3.8, 4) is 22.9 Å². The number of nitrogens with one attached hydrogen (secondary N) is 3. The lowest BCUT2D eigenvalue weighted by Crippen LogP contribution is -2.59. The number of sulfonamides is 1. The molecule has 3 fully saturated rings. The molecule has 2 unspecified atom stereocenters. The predicted octanol–water partition coefficient (Wildman–Crippen LogP) is 4.39. The quantitative estimate of drug-likeness (QED) is 0.239. The normalized spacial score (nSPS) is 29.1. The first kappa shape index (κ1) is 38.1. The average molecular weight is 774 g/mol. The van der Waals surface area contributed by atoms with Gasteiger partial charge in [-0.3, -0.25) is 19.1 Å². The van der Waals surface area contributed by atoms with E-state index >= 15 is 0 Å². The molecule has 4 amide bonds. The second-order valence-corrected chi connectivity index (χ2v) is 17.4. The van der Waals surface area contributed by atoms with Gasteiger partial charge in [-0.15, -0.1) is 0 Å². The number of fused-ring (bicyclic) bond motifs is 3. The van der Waals surface area contributed by atoms with E-state index in [1.54, 1.807) is 13.2 Å². The van der Waals surface area contributed by atoms with Gasteiger partial charge in [0, 0.05) is 23.3 Å². The number of carbonyl (C=O) groups is 4. The standard InChI is InChI=1S/C40H47N5O9S/c1-23-9-7-8-12-27-21-40(27,38(48)44-55(51,52)30-14-15-30)43-35(46)33-20-29(22-45(33)37(47)34(24(2)17-23)42-39(49)50)54-36-31-16-13-28(53-3)18-26(31)19-32(41-36)25-10-5-4-6-11-25/h4-6,8,10-13,16,18-19,23-24,27,29-30,33-34,42H,7,9,14-15,17,20-22H2,1-3H3,(H,43,46)(H,44,48)(H,49,50)/b12-8-/t23-,24+,27?,29+,33-,34-,40?/m0/s1. The molecule has 4 aliphatic rings. The number of rotatable bonds is 8. The Labute approximate surface area is 320 Å². The Morgan fingerprint density at radius 1 is 1.04 bits per heavy atom. The number of hydrogen-bond donors (Lipinski definition) is 4. The largest absolute Gasteiger partial charge is 0.497 e. The summed E-state index contributed by atoms with van der Waals surface area (Å²) >= 11 is 0. The van der Waals surface area contributed by atoms with Crippen LogP contribution >= 0.6 is 0 Å². The van der Waals surface area contributed by atoms with Crippen LogP contribution in [0.15, 0.2) is 66.7 Å².